The van der Waals surface area contributed by atoms with E-state index < -0.39 is 0 Å². The van der Waals surface area contributed by atoms with Crippen LogP contribution in [0.15, 0.2) is 30.3 Å². The van der Waals surface area contributed by atoms with Crippen LogP contribution in [-0.4, -0.2) is 18.1 Å². The van der Waals surface area contributed by atoms with Gasteiger partial charge in [-0.25, -0.2) is 0 Å². The lowest BCUT2D eigenvalue weighted by Crippen LogP contribution is -2.53. The van der Waals surface area contributed by atoms with Crippen molar-refractivity contribution in [3.8, 4) is 0 Å². The van der Waals surface area contributed by atoms with Crippen LogP contribution in [-0.2, 0) is 6.42 Å². The minimum Gasteiger partial charge on any atom is -0.327 e. The zero-order valence-electron chi connectivity index (χ0n) is 11.5. The number of nitrogens with one attached hydrogen (secondary N) is 1. The van der Waals surface area contributed by atoms with Gasteiger partial charge in [0, 0.05) is 18.1 Å². The third kappa shape index (κ3) is 3.56. The summed E-state index contributed by atoms with van der Waals surface area (Å²) in [5.74, 6) is 0. The molecule has 1 saturated carbocycles. The fraction of sp³-hybridized carbons (Fsp3) is 0.625. The molecular formula is C16H26N2. The Morgan fingerprint density at radius 1 is 1.28 bits per heavy atom. The van der Waals surface area contributed by atoms with Crippen molar-refractivity contribution in [1.29, 1.82) is 0 Å². The number of hydrogen-bond donors (Lipinski definition) is 2. The molecule has 0 aliphatic heterocycles. The standard InChI is InChI=1S/C16H26N2/c1-2-16(11-6-12-16)18-13-15(17)10-9-14-7-4-3-5-8-14/h3-5,7-8,15,18H,2,6,9-13,17H2,1H3. The van der Waals surface area contributed by atoms with Gasteiger partial charge in [0.1, 0.15) is 0 Å². The van der Waals surface area contributed by atoms with Gasteiger partial charge in [-0.3, -0.25) is 0 Å². The van der Waals surface area contributed by atoms with Crippen LogP contribution in [0.3, 0.4) is 0 Å². The second-order valence-corrected chi connectivity index (χ2v) is 5.65. The SMILES string of the molecule is CCC1(NCC(N)CCc2ccccc2)CCC1. The lowest BCUT2D eigenvalue weighted by atomic mass is 9.75. The third-order valence-corrected chi connectivity index (χ3v) is 4.37. The van der Waals surface area contributed by atoms with Gasteiger partial charge in [0.15, 0.2) is 0 Å². The number of benzene rings is 1. The van der Waals surface area contributed by atoms with Crippen molar-refractivity contribution in [3.05, 3.63) is 35.9 Å². The van der Waals surface area contributed by atoms with Gasteiger partial charge in [-0.05, 0) is 44.1 Å². The lowest BCUT2D eigenvalue weighted by molar-refractivity contribution is 0.174. The van der Waals surface area contributed by atoms with E-state index in [0.717, 1.165) is 19.4 Å². The Morgan fingerprint density at radius 2 is 2.00 bits per heavy atom. The predicted octanol–water partition coefficient (Wildman–Crippen LogP) is 2.87. The van der Waals surface area contributed by atoms with Crippen molar-refractivity contribution in [1.82, 2.24) is 5.32 Å². The predicted molar refractivity (Wildman–Crippen MR) is 77.6 cm³/mol. The van der Waals surface area contributed by atoms with Crippen LogP contribution in [0.2, 0.25) is 0 Å². The van der Waals surface area contributed by atoms with E-state index >= 15 is 0 Å². The van der Waals surface area contributed by atoms with E-state index in [1.807, 2.05) is 0 Å². The first-order valence-corrected chi connectivity index (χ1v) is 7.29. The van der Waals surface area contributed by atoms with E-state index in [1.165, 1.54) is 31.2 Å². The van der Waals surface area contributed by atoms with Crippen molar-refractivity contribution < 1.29 is 0 Å². The molecule has 0 bridgehead atoms. The Bertz CT molecular complexity index is 338. The highest BCUT2D eigenvalue weighted by atomic mass is 15.0. The monoisotopic (exact) mass is 246 g/mol. The Balaban J connectivity index is 1.67. The van der Waals surface area contributed by atoms with Gasteiger partial charge < -0.3 is 11.1 Å². The zero-order valence-corrected chi connectivity index (χ0v) is 11.5. The van der Waals surface area contributed by atoms with Crippen LogP contribution in [0.4, 0.5) is 0 Å². The maximum atomic E-state index is 6.20. The second-order valence-electron chi connectivity index (χ2n) is 5.65. The van der Waals surface area contributed by atoms with E-state index in [-0.39, 0.29) is 6.04 Å². The average Bonchev–Trinajstić information content (AvgIpc) is 2.37. The number of aryl methyl sites for hydroxylation is 1. The highest BCUT2D eigenvalue weighted by molar-refractivity contribution is 5.14. The molecule has 3 N–H and O–H groups in total. The van der Waals surface area contributed by atoms with Crippen molar-refractivity contribution in [2.75, 3.05) is 6.54 Å². The van der Waals surface area contributed by atoms with E-state index in [1.54, 1.807) is 0 Å². The van der Waals surface area contributed by atoms with Gasteiger partial charge >= 0.3 is 0 Å². The summed E-state index contributed by atoms with van der Waals surface area (Å²) in [5, 5.41) is 3.69. The minimum atomic E-state index is 0.272. The highest BCUT2D eigenvalue weighted by Crippen LogP contribution is 2.34. The van der Waals surface area contributed by atoms with Crippen molar-refractivity contribution >= 4 is 0 Å². The lowest BCUT2D eigenvalue weighted by Gasteiger charge is -2.43. The Labute approximate surface area is 111 Å². The van der Waals surface area contributed by atoms with Crippen LogP contribution in [0.1, 0.15) is 44.6 Å². The van der Waals surface area contributed by atoms with Crippen LogP contribution < -0.4 is 11.1 Å². The molecule has 1 aliphatic carbocycles. The molecule has 1 aromatic rings. The molecule has 2 rings (SSSR count). The van der Waals surface area contributed by atoms with Crippen LogP contribution >= 0.6 is 0 Å². The molecule has 100 valence electrons. The summed E-state index contributed by atoms with van der Waals surface area (Å²) in [6.45, 7) is 3.24. The summed E-state index contributed by atoms with van der Waals surface area (Å²) >= 11 is 0. The Kier molecular flexibility index (Phi) is 4.79. The van der Waals surface area contributed by atoms with E-state index in [0.29, 0.717) is 5.54 Å². The van der Waals surface area contributed by atoms with Gasteiger partial charge in [0.25, 0.3) is 0 Å². The van der Waals surface area contributed by atoms with Crippen LogP contribution in [0.25, 0.3) is 0 Å². The molecule has 2 heteroatoms. The first-order chi connectivity index (χ1) is 8.74. The molecule has 0 aromatic heterocycles. The maximum absolute atomic E-state index is 6.20. The topological polar surface area (TPSA) is 38.0 Å². The molecule has 0 spiro atoms. The minimum absolute atomic E-state index is 0.272. The molecule has 0 heterocycles. The van der Waals surface area contributed by atoms with Crippen molar-refractivity contribution in [2.45, 2.75) is 57.0 Å². The number of nitrogens with two attached hydrogens (primary N) is 1. The van der Waals surface area contributed by atoms with Crippen LogP contribution in [0, 0.1) is 0 Å². The quantitative estimate of drug-likeness (QED) is 0.776. The largest absolute Gasteiger partial charge is 0.327 e. The zero-order chi connectivity index (χ0) is 12.8. The summed E-state index contributed by atoms with van der Waals surface area (Å²) < 4.78 is 0. The molecule has 1 atom stereocenters. The fourth-order valence-corrected chi connectivity index (χ4v) is 2.71. The molecule has 0 radical (unpaired) electrons. The molecular weight excluding hydrogens is 220 g/mol. The Hall–Kier alpha value is -0.860. The first kappa shape index (κ1) is 13.6. The van der Waals surface area contributed by atoms with Gasteiger partial charge in [0.2, 0.25) is 0 Å². The second kappa shape index (κ2) is 6.35. The molecule has 1 aliphatic rings. The van der Waals surface area contributed by atoms with Gasteiger partial charge in [0.05, 0.1) is 0 Å². The summed E-state index contributed by atoms with van der Waals surface area (Å²) in [7, 11) is 0. The van der Waals surface area contributed by atoms with Crippen molar-refractivity contribution in [2.24, 2.45) is 5.73 Å². The van der Waals surface area contributed by atoms with Crippen LogP contribution in [0.5, 0.6) is 0 Å². The van der Waals surface area contributed by atoms with E-state index in [2.05, 4.69) is 42.6 Å². The van der Waals surface area contributed by atoms with E-state index in [9.17, 15) is 0 Å². The molecule has 1 fully saturated rings. The normalized spacial score (nSPS) is 19.2. The number of hydrogen-bond acceptors (Lipinski definition) is 2. The molecule has 2 nitrogen and oxygen atoms in total. The Morgan fingerprint density at radius 3 is 2.56 bits per heavy atom. The molecule has 0 amide bonds. The molecule has 1 unspecified atom stereocenters. The molecule has 0 saturated heterocycles. The summed E-state index contributed by atoms with van der Waals surface area (Å²) in [6, 6.07) is 10.9. The van der Waals surface area contributed by atoms with E-state index in [4.69, 9.17) is 5.73 Å². The van der Waals surface area contributed by atoms with Gasteiger partial charge in [-0.1, -0.05) is 37.3 Å². The molecule has 18 heavy (non-hydrogen) atoms. The highest BCUT2D eigenvalue weighted by Gasteiger charge is 2.34. The van der Waals surface area contributed by atoms with Gasteiger partial charge in [-0.15, -0.1) is 0 Å². The summed E-state index contributed by atoms with van der Waals surface area (Å²) in [5.41, 5.74) is 8.01. The van der Waals surface area contributed by atoms with Gasteiger partial charge in [-0.2, -0.15) is 0 Å². The summed E-state index contributed by atoms with van der Waals surface area (Å²) in [4.78, 5) is 0. The maximum Gasteiger partial charge on any atom is 0.0179 e. The fourth-order valence-electron chi connectivity index (χ4n) is 2.71. The first-order valence-electron chi connectivity index (χ1n) is 7.29. The summed E-state index contributed by atoms with van der Waals surface area (Å²) in [6.07, 6.45) is 7.42. The smallest absolute Gasteiger partial charge is 0.0179 e. The molecule has 1 aromatic carbocycles. The number of rotatable bonds is 7. The van der Waals surface area contributed by atoms with Crippen molar-refractivity contribution in [3.63, 3.8) is 0 Å². The third-order valence-electron chi connectivity index (χ3n) is 4.37. The average molecular weight is 246 g/mol.